The van der Waals surface area contributed by atoms with Gasteiger partial charge in [0.2, 0.25) is 23.5 Å². The summed E-state index contributed by atoms with van der Waals surface area (Å²) in [6.45, 7) is 2.23. The average molecular weight is 873 g/mol. The lowest BCUT2D eigenvalue weighted by Crippen LogP contribution is -2.47. The van der Waals surface area contributed by atoms with E-state index in [1.165, 1.54) is 16.3 Å². The Morgan fingerprint density at radius 1 is 0.968 bits per heavy atom. The van der Waals surface area contributed by atoms with E-state index in [9.17, 15) is 14.4 Å². The Hall–Kier alpha value is -5.42. The summed E-state index contributed by atoms with van der Waals surface area (Å²) in [4.78, 5) is 50.9. The first-order chi connectivity index (χ1) is 29.8. The van der Waals surface area contributed by atoms with Crippen LogP contribution < -0.4 is 31.1 Å². The van der Waals surface area contributed by atoms with E-state index in [4.69, 9.17) is 26.4 Å². The van der Waals surface area contributed by atoms with Crippen LogP contribution in [0.15, 0.2) is 47.4 Å². The van der Waals surface area contributed by atoms with Crippen LogP contribution in [0.3, 0.4) is 0 Å². The van der Waals surface area contributed by atoms with Crippen molar-refractivity contribution in [3.05, 3.63) is 69.2 Å². The van der Waals surface area contributed by atoms with Crippen LogP contribution in [0.25, 0.3) is 21.8 Å². The summed E-state index contributed by atoms with van der Waals surface area (Å²) >= 11 is 6.59. The largest absolute Gasteiger partial charge is 0.480 e. The zero-order valence-corrected chi connectivity index (χ0v) is 35.2. The Morgan fingerprint density at radius 2 is 1.77 bits per heavy atom. The molecule has 4 fully saturated rings. The van der Waals surface area contributed by atoms with Crippen LogP contribution in [0, 0.1) is 11.8 Å². The molecule has 0 radical (unpaired) electrons. The Kier molecular flexibility index (Phi) is 10.3. The molecule has 3 aromatic heterocycles. The van der Waals surface area contributed by atoms with Crippen molar-refractivity contribution in [1.29, 1.82) is 0 Å². The van der Waals surface area contributed by atoms with Gasteiger partial charge in [0, 0.05) is 56.0 Å². The first kappa shape index (κ1) is 40.6. The molecule has 3 N–H and O–H groups in total. The molecule has 4 aliphatic heterocycles. The fraction of sp³-hybridized carbons (Fsp3) is 0.500. The molecule has 4 atom stereocenters. The van der Waals surface area contributed by atoms with Crippen molar-refractivity contribution in [3.8, 4) is 5.75 Å². The molecule has 0 bridgehead atoms. The summed E-state index contributed by atoms with van der Waals surface area (Å²) in [5.74, 6) is -3.62. The molecule has 1 aliphatic carbocycles. The quantitative estimate of drug-likeness (QED) is 0.149. The van der Waals surface area contributed by atoms with E-state index < -0.39 is 36.2 Å². The maximum atomic E-state index is 16.0. The lowest BCUT2D eigenvalue weighted by Gasteiger charge is -2.39. The van der Waals surface area contributed by atoms with Gasteiger partial charge in [0.15, 0.2) is 12.4 Å². The molecule has 326 valence electrons. The van der Waals surface area contributed by atoms with Gasteiger partial charge in [-0.3, -0.25) is 24.4 Å². The minimum absolute atomic E-state index is 0.134. The molecule has 62 heavy (non-hydrogen) atoms. The van der Waals surface area contributed by atoms with Gasteiger partial charge >= 0.3 is 5.92 Å². The van der Waals surface area contributed by atoms with Crippen LogP contribution in [0.5, 0.6) is 5.75 Å². The van der Waals surface area contributed by atoms with Crippen molar-refractivity contribution < 1.29 is 27.5 Å². The van der Waals surface area contributed by atoms with E-state index >= 15 is 13.2 Å². The lowest BCUT2D eigenvalue weighted by atomic mass is 9.87. The summed E-state index contributed by atoms with van der Waals surface area (Å²) in [5, 5.41) is 15.1. The van der Waals surface area contributed by atoms with Crippen LogP contribution in [0.4, 0.5) is 36.3 Å². The number of aryl methyl sites for hydroxylation is 2. The van der Waals surface area contributed by atoms with Gasteiger partial charge < -0.3 is 29.7 Å². The zero-order valence-electron chi connectivity index (χ0n) is 34.5. The summed E-state index contributed by atoms with van der Waals surface area (Å²) in [6.07, 6.45) is 5.04. The predicted molar refractivity (Wildman–Crippen MR) is 230 cm³/mol. The number of hydrogen-bond donors (Lipinski definition) is 3. The number of nitrogens with one attached hydrogen (secondary N) is 3. The molecule has 2 amide bonds. The number of carbonyl (C=O) groups excluding carboxylic acids is 2. The molecule has 5 aromatic rings. The fourth-order valence-corrected chi connectivity index (χ4v) is 10.0. The van der Waals surface area contributed by atoms with Crippen LogP contribution in [0.1, 0.15) is 68.0 Å². The van der Waals surface area contributed by atoms with Gasteiger partial charge in [-0.05, 0) is 93.3 Å². The van der Waals surface area contributed by atoms with Crippen LogP contribution in [-0.4, -0.2) is 98.5 Å². The number of alkyl halides is 3. The first-order valence-electron chi connectivity index (χ1n) is 21.5. The standard InChI is InChI=1S/C44H48ClF3N10O4/c1-55-33-9-6-27(18-30(33)37-38(42(55)61)62-22-44(47,48)39(52-37)24-3-4-24)50-40-31(45)19-49-43(53-40)58-16-13-26(32(46)21-58)20-57-14-11-23(12-15-57)25-5-7-28-34(17-25)56(2)54-36(28)29-8-10-35(59)51-41(29)60/h5-7,9,17-19,23-24,26,29,32,39,52H,3-4,8,10-16,20-22H2,1-2H3,(H,49,50,53)(H,51,59,60)/t26-,29?,32+,39-/m0/s1. The molecule has 14 nitrogen and oxygen atoms in total. The van der Waals surface area contributed by atoms with Crippen molar-refractivity contribution in [2.75, 3.05) is 54.9 Å². The van der Waals surface area contributed by atoms with Crippen molar-refractivity contribution in [2.45, 2.75) is 74.9 Å². The zero-order chi connectivity index (χ0) is 43.0. The molecule has 7 heterocycles. The third kappa shape index (κ3) is 7.50. The van der Waals surface area contributed by atoms with Crippen molar-refractivity contribution >= 4 is 68.4 Å². The van der Waals surface area contributed by atoms with Crippen molar-refractivity contribution in [1.82, 2.24) is 34.5 Å². The monoisotopic (exact) mass is 872 g/mol. The number of aromatic nitrogens is 5. The third-order valence-electron chi connectivity index (χ3n) is 13.6. The van der Waals surface area contributed by atoms with E-state index in [1.54, 1.807) is 25.2 Å². The van der Waals surface area contributed by atoms with Crippen molar-refractivity contribution in [2.24, 2.45) is 25.9 Å². The number of imide groups is 1. The maximum Gasteiger partial charge on any atom is 0.301 e. The van der Waals surface area contributed by atoms with E-state index in [0.717, 1.165) is 36.8 Å². The average Bonchev–Trinajstić information content (AvgIpc) is 4.06. The minimum atomic E-state index is -3.16. The number of rotatable bonds is 8. The number of pyridine rings is 1. The topological polar surface area (TPSA) is 152 Å². The number of piperidine rings is 3. The number of hydrogen-bond acceptors (Lipinski definition) is 11. The van der Waals surface area contributed by atoms with Gasteiger partial charge in [-0.1, -0.05) is 23.7 Å². The van der Waals surface area contributed by atoms with Gasteiger partial charge in [-0.25, -0.2) is 18.2 Å². The second kappa shape index (κ2) is 15.7. The minimum Gasteiger partial charge on any atom is -0.480 e. The first-order valence-corrected chi connectivity index (χ1v) is 21.8. The molecular formula is C44H48ClF3N10O4. The summed E-state index contributed by atoms with van der Waals surface area (Å²) < 4.78 is 55.0. The van der Waals surface area contributed by atoms with E-state index in [2.05, 4.69) is 44.0 Å². The Labute approximate surface area is 360 Å². The number of nitrogens with zero attached hydrogens (tertiary/aromatic N) is 7. The highest BCUT2D eigenvalue weighted by Gasteiger charge is 2.51. The van der Waals surface area contributed by atoms with Crippen LogP contribution >= 0.6 is 11.6 Å². The Morgan fingerprint density at radius 3 is 2.53 bits per heavy atom. The molecule has 0 spiro atoms. The maximum absolute atomic E-state index is 16.0. The fourth-order valence-electron chi connectivity index (χ4n) is 9.91. The van der Waals surface area contributed by atoms with Crippen molar-refractivity contribution in [3.63, 3.8) is 0 Å². The summed E-state index contributed by atoms with van der Waals surface area (Å²) in [6, 6.07) is 10.4. The number of ether oxygens (including phenoxy) is 1. The van der Waals surface area contributed by atoms with Crippen LogP contribution in [-0.2, 0) is 23.7 Å². The number of amides is 2. The highest BCUT2D eigenvalue weighted by atomic mass is 35.5. The second-order valence-electron chi connectivity index (χ2n) is 17.7. The Bertz CT molecular complexity index is 2660. The highest BCUT2D eigenvalue weighted by molar-refractivity contribution is 6.33. The van der Waals surface area contributed by atoms with Gasteiger partial charge in [0.1, 0.15) is 11.2 Å². The van der Waals surface area contributed by atoms with E-state index in [-0.39, 0.29) is 46.7 Å². The summed E-state index contributed by atoms with van der Waals surface area (Å²) in [5.41, 5.74) is 3.73. The van der Waals surface area contributed by atoms with E-state index in [1.807, 2.05) is 16.6 Å². The molecular weight excluding hydrogens is 825 g/mol. The van der Waals surface area contributed by atoms with Gasteiger partial charge in [-0.2, -0.15) is 10.1 Å². The molecule has 3 saturated heterocycles. The molecule has 1 unspecified atom stereocenters. The predicted octanol–water partition coefficient (Wildman–Crippen LogP) is 6.39. The number of likely N-dealkylation sites (tertiary alicyclic amines) is 1. The van der Waals surface area contributed by atoms with Gasteiger partial charge in [0.05, 0.1) is 47.1 Å². The lowest BCUT2D eigenvalue weighted by molar-refractivity contribution is -0.134. The van der Waals surface area contributed by atoms with E-state index in [0.29, 0.717) is 85.2 Å². The molecule has 5 aliphatic rings. The number of benzene rings is 2. The second-order valence-corrected chi connectivity index (χ2v) is 18.1. The third-order valence-corrected chi connectivity index (χ3v) is 13.9. The number of anilines is 4. The molecule has 2 aromatic carbocycles. The SMILES string of the molecule is Cn1nc(C2CCC(=O)NC2=O)c2ccc(C3CCN(C[C@@H]4CCN(c5ncc(Cl)c(Nc6ccc7c(c6)c6c(c(=O)n7C)OCC(F)(F)[C@H](C7CC7)N6)n5)C[C@H]4F)CC3)cc21. The number of halogens is 4. The Balaban J connectivity index is 0.777. The molecule has 18 heteroatoms. The summed E-state index contributed by atoms with van der Waals surface area (Å²) in [7, 11) is 3.46. The number of carbonyl (C=O) groups is 2. The number of fused-ring (bicyclic) bond motifs is 4. The molecule has 1 saturated carbocycles. The smallest absolute Gasteiger partial charge is 0.301 e. The van der Waals surface area contributed by atoms with Gasteiger partial charge in [0.25, 0.3) is 5.56 Å². The van der Waals surface area contributed by atoms with Gasteiger partial charge in [-0.15, -0.1) is 0 Å². The molecule has 10 rings (SSSR count). The van der Waals surface area contributed by atoms with Crippen LogP contribution in [0.2, 0.25) is 5.02 Å². The highest BCUT2D eigenvalue weighted by Crippen LogP contribution is 2.46. The normalized spacial score (nSPS) is 24.6.